The summed E-state index contributed by atoms with van der Waals surface area (Å²) in [6, 6.07) is 8.14. The number of carbonyl (C=O) groups is 2. The number of anilines is 3. The van der Waals surface area contributed by atoms with Crippen molar-refractivity contribution >= 4 is 28.9 Å². The smallest absolute Gasteiger partial charge is 0.314 e. The predicted octanol–water partition coefficient (Wildman–Crippen LogP) is 2.75. The number of hydrogen-bond acceptors (Lipinski definition) is 3. The van der Waals surface area contributed by atoms with Gasteiger partial charge in [0.05, 0.1) is 5.69 Å². The molecular weight excluding hydrogens is 323 g/mol. The van der Waals surface area contributed by atoms with Crippen LogP contribution in [0.15, 0.2) is 36.4 Å². The van der Waals surface area contributed by atoms with E-state index in [1.807, 2.05) is 5.32 Å². The van der Waals surface area contributed by atoms with Crippen molar-refractivity contribution in [3.63, 3.8) is 0 Å². The van der Waals surface area contributed by atoms with Crippen molar-refractivity contribution in [2.24, 2.45) is 0 Å². The van der Waals surface area contributed by atoms with E-state index < -0.39 is 35.0 Å². The molecule has 0 aromatic heterocycles. The van der Waals surface area contributed by atoms with Gasteiger partial charge in [0.1, 0.15) is 0 Å². The zero-order valence-corrected chi connectivity index (χ0v) is 12.9. The monoisotopic (exact) mass is 337 g/mol. The van der Waals surface area contributed by atoms with E-state index in [1.54, 1.807) is 43.3 Å². The summed E-state index contributed by atoms with van der Waals surface area (Å²) in [7, 11) is 3.61. The predicted molar refractivity (Wildman–Crippen MR) is 84.3 cm³/mol. The average Bonchev–Trinajstić information content (AvgIpc) is 2.55. The van der Waals surface area contributed by atoms with Crippen LogP contribution in [-0.4, -0.2) is 25.9 Å². The van der Waals surface area contributed by atoms with Crippen LogP contribution in [0.5, 0.6) is 0 Å². The highest BCUT2D eigenvalue weighted by Crippen LogP contribution is 2.20. The molecule has 0 fully saturated rings. The molecular formula is C16H14F3N3O2. The van der Waals surface area contributed by atoms with Crippen molar-refractivity contribution in [3.05, 3.63) is 53.8 Å². The van der Waals surface area contributed by atoms with Crippen molar-refractivity contribution in [2.75, 3.05) is 29.6 Å². The second-order valence-corrected chi connectivity index (χ2v) is 5.08. The highest BCUT2D eigenvalue weighted by Gasteiger charge is 2.19. The molecule has 2 rings (SSSR count). The third-order valence-corrected chi connectivity index (χ3v) is 3.11. The van der Waals surface area contributed by atoms with Gasteiger partial charge in [0.15, 0.2) is 17.5 Å². The number of carbonyl (C=O) groups excluding carboxylic acids is 2. The maximum atomic E-state index is 13.5. The van der Waals surface area contributed by atoms with Gasteiger partial charge in [-0.05, 0) is 30.3 Å². The van der Waals surface area contributed by atoms with Crippen LogP contribution in [0.2, 0.25) is 0 Å². The molecule has 126 valence electrons. The summed E-state index contributed by atoms with van der Waals surface area (Å²) in [4.78, 5) is 25.4. The Balaban J connectivity index is 2.09. The molecule has 0 saturated carbocycles. The molecule has 0 atom stereocenters. The minimum absolute atomic E-state index is 0.354. The SMILES string of the molecule is CN(C)c1cccc(NC(=O)C(=O)Nc2ccc(F)c(F)c2F)c1. The number of rotatable bonds is 3. The highest BCUT2D eigenvalue weighted by atomic mass is 19.2. The third-order valence-electron chi connectivity index (χ3n) is 3.11. The van der Waals surface area contributed by atoms with Gasteiger partial charge < -0.3 is 15.5 Å². The maximum Gasteiger partial charge on any atom is 0.314 e. The van der Waals surface area contributed by atoms with Gasteiger partial charge in [-0.15, -0.1) is 0 Å². The lowest BCUT2D eigenvalue weighted by molar-refractivity contribution is -0.133. The lowest BCUT2D eigenvalue weighted by atomic mass is 10.2. The molecule has 0 saturated heterocycles. The van der Waals surface area contributed by atoms with Gasteiger partial charge in [-0.25, -0.2) is 13.2 Å². The molecule has 0 radical (unpaired) electrons. The van der Waals surface area contributed by atoms with Crippen molar-refractivity contribution < 1.29 is 22.8 Å². The summed E-state index contributed by atoms with van der Waals surface area (Å²) in [6.07, 6.45) is 0. The average molecular weight is 337 g/mol. The van der Waals surface area contributed by atoms with Crippen LogP contribution in [0, 0.1) is 17.5 Å². The van der Waals surface area contributed by atoms with Crippen LogP contribution < -0.4 is 15.5 Å². The molecule has 0 aliphatic carbocycles. The van der Waals surface area contributed by atoms with Gasteiger partial charge in [0.25, 0.3) is 0 Å². The van der Waals surface area contributed by atoms with Crippen LogP contribution in [0.3, 0.4) is 0 Å². The minimum Gasteiger partial charge on any atom is -0.378 e. The lowest BCUT2D eigenvalue weighted by Crippen LogP contribution is -2.29. The summed E-state index contributed by atoms with van der Waals surface area (Å²) in [5.74, 6) is -6.99. The van der Waals surface area contributed by atoms with E-state index in [0.29, 0.717) is 11.8 Å². The molecule has 2 N–H and O–H groups in total. The van der Waals surface area contributed by atoms with Crippen LogP contribution in [-0.2, 0) is 9.59 Å². The Morgan fingerprint density at radius 2 is 1.58 bits per heavy atom. The molecule has 0 unspecified atom stereocenters. The molecule has 2 amide bonds. The first-order valence-electron chi connectivity index (χ1n) is 6.83. The normalized spacial score (nSPS) is 10.2. The molecule has 0 aliphatic heterocycles. The number of benzene rings is 2. The fourth-order valence-electron chi connectivity index (χ4n) is 1.85. The summed E-state index contributed by atoms with van der Waals surface area (Å²) in [5, 5.41) is 4.23. The fourth-order valence-corrected chi connectivity index (χ4v) is 1.85. The van der Waals surface area contributed by atoms with E-state index in [-0.39, 0.29) is 0 Å². The Bertz CT molecular complexity index is 794. The largest absolute Gasteiger partial charge is 0.378 e. The first kappa shape index (κ1) is 17.3. The number of hydrogen-bond donors (Lipinski definition) is 2. The van der Waals surface area contributed by atoms with Crippen molar-refractivity contribution in [3.8, 4) is 0 Å². The summed E-state index contributed by atoms with van der Waals surface area (Å²) >= 11 is 0. The molecule has 2 aromatic rings. The standard InChI is InChI=1S/C16H14F3N3O2/c1-22(2)10-5-3-4-9(8-10)20-15(23)16(24)21-12-7-6-11(17)13(18)14(12)19/h3-8H,1-2H3,(H,20,23)(H,21,24). The van der Waals surface area contributed by atoms with Gasteiger partial charge in [-0.2, -0.15) is 0 Å². The maximum absolute atomic E-state index is 13.5. The second kappa shape index (κ2) is 7.03. The van der Waals surface area contributed by atoms with E-state index >= 15 is 0 Å². The Morgan fingerprint density at radius 1 is 0.917 bits per heavy atom. The molecule has 0 heterocycles. The summed E-state index contributed by atoms with van der Waals surface area (Å²) in [5.41, 5.74) is 0.517. The number of nitrogens with one attached hydrogen (secondary N) is 2. The molecule has 0 aliphatic rings. The topological polar surface area (TPSA) is 61.4 Å². The Morgan fingerprint density at radius 3 is 2.25 bits per heavy atom. The Hall–Kier alpha value is -3.03. The van der Waals surface area contributed by atoms with E-state index in [9.17, 15) is 22.8 Å². The van der Waals surface area contributed by atoms with Gasteiger partial charge in [0.2, 0.25) is 0 Å². The van der Waals surface area contributed by atoms with E-state index in [0.717, 1.165) is 11.8 Å². The van der Waals surface area contributed by atoms with Crippen LogP contribution in [0.1, 0.15) is 0 Å². The van der Waals surface area contributed by atoms with Crippen LogP contribution in [0.25, 0.3) is 0 Å². The van der Waals surface area contributed by atoms with Crippen molar-refractivity contribution in [2.45, 2.75) is 0 Å². The molecule has 5 nitrogen and oxygen atoms in total. The molecule has 24 heavy (non-hydrogen) atoms. The molecule has 0 bridgehead atoms. The summed E-state index contributed by atoms with van der Waals surface area (Å²) < 4.78 is 39.4. The minimum atomic E-state index is -1.73. The fraction of sp³-hybridized carbons (Fsp3) is 0.125. The second-order valence-electron chi connectivity index (χ2n) is 5.08. The molecule has 8 heteroatoms. The first-order chi connectivity index (χ1) is 11.3. The Labute approximate surface area is 136 Å². The van der Waals surface area contributed by atoms with Gasteiger partial charge in [-0.3, -0.25) is 9.59 Å². The lowest BCUT2D eigenvalue weighted by Gasteiger charge is -2.14. The van der Waals surface area contributed by atoms with Crippen molar-refractivity contribution in [1.82, 2.24) is 0 Å². The van der Waals surface area contributed by atoms with E-state index in [4.69, 9.17) is 0 Å². The zero-order valence-electron chi connectivity index (χ0n) is 12.9. The van der Waals surface area contributed by atoms with Gasteiger partial charge in [0, 0.05) is 25.5 Å². The zero-order chi connectivity index (χ0) is 17.9. The van der Waals surface area contributed by atoms with Gasteiger partial charge in [-0.1, -0.05) is 6.07 Å². The quantitative estimate of drug-likeness (QED) is 0.669. The number of amides is 2. The van der Waals surface area contributed by atoms with E-state index in [1.165, 1.54) is 0 Å². The number of halogens is 3. The molecule has 2 aromatic carbocycles. The molecule has 0 spiro atoms. The van der Waals surface area contributed by atoms with Crippen LogP contribution >= 0.6 is 0 Å². The van der Waals surface area contributed by atoms with Gasteiger partial charge >= 0.3 is 11.8 Å². The Kier molecular flexibility index (Phi) is 5.08. The van der Waals surface area contributed by atoms with Crippen LogP contribution in [0.4, 0.5) is 30.2 Å². The summed E-state index contributed by atoms with van der Waals surface area (Å²) in [6.45, 7) is 0. The highest BCUT2D eigenvalue weighted by molar-refractivity contribution is 6.43. The number of nitrogens with zero attached hydrogens (tertiary/aromatic N) is 1. The van der Waals surface area contributed by atoms with Crippen molar-refractivity contribution in [1.29, 1.82) is 0 Å². The third kappa shape index (κ3) is 3.83. The van der Waals surface area contributed by atoms with E-state index in [2.05, 4.69) is 5.32 Å². The first-order valence-corrected chi connectivity index (χ1v) is 6.83.